The molecule has 5 aromatic rings. The number of benzene rings is 2. The largest absolute Gasteiger partial charge is 0.478 e. The maximum Gasteiger partial charge on any atom is 0.435 e. The van der Waals surface area contributed by atoms with Crippen LogP contribution in [0, 0.1) is 0 Å². The molecule has 3 heterocycles. The van der Waals surface area contributed by atoms with Crippen LogP contribution in [0.1, 0.15) is 26.4 Å². The normalized spacial score (nSPS) is 10.7. The highest BCUT2D eigenvalue weighted by Gasteiger charge is 2.37. The molecule has 0 bridgehead atoms. The molecule has 0 unspecified atom stereocenters. The highest BCUT2D eigenvalue weighted by Crippen LogP contribution is 2.30. The quantitative estimate of drug-likeness (QED) is 0.237. The van der Waals surface area contributed by atoms with Crippen molar-refractivity contribution in [1.82, 2.24) is 24.7 Å². The Hall–Kier alpha value is -5.59. The summed E-state index contributed by atoms with van der Waals surface area (Å²) < 4.78 is 44.0. The number of carboxylic acids is 1. The SMILES string of the molecule is CNc1ccc(-c2cnc(Oc3cccc(C(=O)O)c3)nc2)cc1.O=Cc1cn(-c2ccccn2)nc1C(F)(F)F. The van der Waals surface area contributed by atoms with Gasteiger partial charge in [-0.05, 0) is 48.0 Å². The Kier molecular flexibility index (Phi) is 8.67. The third-order valence-electron chi connectivity index (χ3n) is 5.45. The Morgan fingerprint density at radius 1 is 0.976 bits per heavy atom. The number of anilines is 1. The van der Waals surface area contributed by atoms with Gasteiger partial charge < -0.3 is 15.2 Å². The Bertz CT molecular complexity index is 1620. The molecule has 0 fully saturated rings. The van der Waals surface area contributed by atoms with Gasteiger partial charge in [0.25, 0.3) is 0 Å². The average molecular weight is 563 g/mol. The fraction of sp³-hybridized carbons (Fsp3) is 0.0714. The van der Waals surface area contributed by atoms with Gasteiger partial charge in [-0.1, -0.05) is 24.3 Å². The smallest absolute Gasteiger partial charge is 0.435 e. The van der Waals surface area contributed by atoms with Crippen LogP contribution in [0.2, 0.25) is 0 Å². The fourth-order valence-electron chi connectivity index (χ4n) is 3.45. The van der Waals surface area contributed by atoms with E-state index in [0.29, 0.717) is 5.75 Å². The lowest BCUT2D eigenvalue weighted by molar-refractivity contribution is -0.141. The summed E-state index contributed by atoms with van der Waals surface area (Å²) in [6.45, 7) is 0. The minimum absolute atomic E-state index is 0.120. The number of nitrogens with zero attached hydrogens (tertiary/aromatic N) is 5. The molecule has 0 spiro atoms. The summed E-state index contributed by atoms with van der Waals surface area (Å²) in [5.41, 5.74) is 1.31. The van der Waals surface area contributed by atoms with Gasteiger partial charge in [-0.2, -0.15) is 18.3 Å². The average Bonchev–Trinajstić information content (AvgIpc) is 3.44. The van der Waals surface area contributed by atoms with Crippen LogP contribution in [0.3, 0.4) is 0 Å². The van der Waals surface area contributed by atoms with Gasteiger partial charge in [0.1, 0.15) is 5.75 Å². The molecule has 0 saturated heterocycles. The number of hydrogen-bond acceptors (Lipinski definition) is 8. The van der Waals surface area contributed by atoms with E-state index in [1.165, 1.54) is 24.4 Å². The molecule has 0 saturated carbocycles. The number of carbonyl (C=O) groups is 2. The number of ether oxygens (including phenoxy) is 1. The monoisotopic (exact) mass is 562 g/mol. The second kappa shape index (κ2) is 12.5. The van der Waals surface area contributed by atoms with Crippen molar-refractivity contribution in [2.45, 2.75) is 6.18 Å². The molecule has 0 aliphatic carbocycles. The van der Waals surface area contributed by atoms with Crippen LogP contribution in [0.25, 0.3) is 16.9 Å². The molecule has 5 rings (SSSR count). The van der Waals surface area contributed by atoms with Gasteiger partial charge in [0, 0.05) is 43.1 Å². The minimum Gasteiger partial charge on any atom is -0.478 e. The molecule has 41 heavy (non-hydrogen) atoms. The van der Waals surface area contributed by atoms with Crippen LogP contribution >= 0.6 is 0 Å². The van der Waals surface area contributed by atoms with E-state index in [-0.39, 0.29) is 23.7 Å². The molecule has 208 valence electrons. The first-order valence-electron chi connectivity index (χ1n) is 11.8. The van der Waals surface area contributed by atoms with Crippen molar-refractivity contribution in [1.29, 1.82) is 0 Å². The van der Waals surface area contributed by atoms with Gasteiger partial charge >= 0.3 is 18.2 Å². The summed E-state index contributed by atoms with van der Waals surface area (Å²) in [5, 5.41) is 15.4. The van der Waals surface area contributed by atoms with Gasteiger partial charge in [-0.3, -0.25) is 4.79 Å². The number of halogens is 3. The van der Waals surface area contributed by atoms with E-state index in [4.69, 9.17) is 9.84 Å². The third kappa shape index (κ3) is 7.29. The molecular weight excluding hydrogens is 541 g/mol. The summed E-state index contributed by atoms with van der Waals surface area (Å²) in [6.07, 6.45) is 1.21. The van der Waals surface area contributed by atoms with Crippen molar-refractivity contribution in [2.24, 2.45) is 0 Å². The lowest BCUT2D eigenvalue weighted by Gasteiger charge is -2.06. The number of nitrogens with one attached hydrogen (secondary N) is 1. The second-order valence-corrected chi connectivity index (χ2v) is 8.20. The molecule has 2 aromatic carbocycles. The molecule has 0 amide bonds. The number of aldehydes is 1. The zero-order chi connectivity index (χ0) is 29.4. The lowest BCUT2D eigenvalue weighted by atomic mass is 10.1. The molecule has 0 aliphatic rings. The topological polar surface area (TPSA) is 132 Å². The maximum atomic E-state index is 12.5. The summed E-state index contributed by atoms with van der Waals surface area (Å²) >= 11 is 0. The van der Waals surface area contributed by atoms with E-state index >= 15 is 0 Å². The molecule has 0 aliphatic heterocycles. The summed E-state index contributed by atoms with van der Waals surface area (Å²) in [6, 6.07) is 18.9. The second-order valence-electron chi connectivity index (χ2n) is 8.20. The zero-order valence-corrected chi connectivity index (χ0v) is 21.3. The van der Waals surface area contributed by atoms with Crippen molar-refractivity contribution >= 4 is 17.9 Å². The number of aromatic carboxylic acids is 1. The molecule has 10 nitrogen and oxygen atoms in total. The minimum atomic E-state index is -4.66. The number of hydrogen-bond donors (Lipinski definition) is 2. The molecule has 13 heteroatoms. The molecule has 3 aromatic heterocycles. The first-order valence-corrected chi connectivity index (χ1v) is 11.8. The first kappa shape index (κ1) is 28.4. The van der Waals surface area contributed by atoms with E-state index in [2.05, 4.69) is 25.4 Å². The number of carbonyl (C=O) groups excluding carboxylic acids is 1. The van der Waals surface area contributed by atoms with Gasteiger partial charge in [-0.25, -0.2) is 24.4 Å². The van der Waals surface area contributed by atoms with Crippen LogP contribution in [-0.2, 0) is 6.18 Å². The Morgan fingerprint density at radius 3 is 2.27 bits per heavy atom. The van der Waals surface area contributed by atoms with Crippen molar-refractivity contribution in [3.05, 3.63) is 108 Å². The van der Waals surface area contributed by atoms with Crippen molar-refractivity contribution in [2.75, 3.05) is 12.4 Å². The number of aromatic nitrogens is 5. The molecule has 0 radical (unpaired) electrons. The Labute approximate surface area is 231 Å². The zero-order valence-electron chi connectivity index (χ0n) is 21.3. The third-order valence-corrected chi connectivity index (χ3v) is 5.45. The predicted octanol–water partition coefficient (Wildman–Crippen LogP) is 5.77. The Morgan fingerprint density at radius 2 is 1.71 bits per heavy atom. The van der Waals surface area contributed by atoms with Crippen molar-refractivity contribution < 1.29 is 32.6 Å². The van der Waals surface area contributed by atoms with E-state index in [9.17, 15) is 22.8 Å². The lowest BCUT2D eigenvalue weighted by Crippen LogP contribution is -2.09. The van der Waals surface area contributed by atoms with Crippen LogP contribution < -0.4 is 10.1 Å². The molecular formula is C28H21F3N6O4. The van der Waals surface area contributed by atoms with E-state index < -0.39 is 23.4 Å². The van der Waals surface area contributed by atoms with Crippen LogP contribution in [0.15, 0.2) is 91.5 Å². The standard InChI is InChI=1S/C18H15N3O3.C10H6F3N3O/c1-19-15-7-5-12(6-8-15)14-10-20-18(21-11-14)24-16-4-2-3-13(9-16)17(22)23;11-10(12,13)9-7(6-17)5-16(15-9)8-3-1-2-4-14-8/h2-11,19H,1H3,(H,22,23);1-6H. The number of alkyl halides is 3. The molecule has 0 atom stereocenters. The highest BCUT2D eigenvalue weighted by atomic mass is 19.4. The van der Waals surface area contributed by atoms with Gasteiger partial charge in [-0.15, -0.1) is 0 Å². The van der Waals surface area contributed by atoms with Gasteiger partial charge in [0.15, 0.2) is 17.8 Å². The van der Waals surface area contributed by atoms with Crippen molar-refractivity contribution in [3.63, 3.8) is 0 Å². The Balaban J connectivity index is 0.000000201. The van der Waals surface area contributed by atoms with Crippen molar-refractivity contribution in [3.8, 4) is 28.7 Å². The molecule has 2 N–H and O–H groups in total. The van der Waals surface area contributed by atoms with E-state index in [0.717, 1.165) is 27.7 Å². The van der Waals surface area contributed by atoms with E-state index in [1.54, 1.807) is 36.7 Å². The number of rotatable bonds is 7. The van der Waals surface area contributed by atoms with Crippen LogP contribution in [-0.4, -0.2) is 49.1 Å². The van der Waals surface area contributed by atoms with Gasteiger partial charge in [0.2, 0.25) is 0 Å². The summed E-state index contributed by atoms with van der Waals surface area (Å²) in [5.74, 6) is -0.422. The maximum absolute atomic E-state index is 12.5. The van der Waals surface area contributed by atoms with Crippen LogP contribution in [0.4, 0.5) is 18.9 Å². The highest BCUT2D eigenvalue weighted by molar-refractivity contribution is 5.88. The fourth-order valence-corrected chi connectivity index (χ4v) is 3.45. The number of pyridine rings is 1. The predicted molar refractivity (Wildman–Crippen MR) is 142 cm³/mol. The first-order chi connectivity index (χ1) is 19.7. The van der Waals surface area contributed by atoms with E-state index in [1.807, 2.05) is 31.3 Å². The number of carboxylic acid groups (broad SMARTS) is 1. The summed E-state index contributed by atoms with van der Waals surface area (Å²) in [7, 11) is 1.86. The van der Waals surface area contributed by atoms with Crippen LogP contribution in [0.5, 0.6) is 11.8 Å². The summed E-state index contributed by atoms with van der Waals surface area (Å²) in [4.78, 5) is 33.7. The van der Waals surface area contributed by atoms with Gasteiger partial charge in [0.05, 0.1) is 11.1 Å².